The van der Waals surface area contributed by atoms with Crippen LogP contribution in [0.2, 0.25) is 0 Å². The van der Waals surface area contributed by atoms with E-state index in [0.29, 0.717) is 23.9 Å². The highest BCUT2D eigenvalue weighted by atomic mass is 32.2. The molecule has 27 heavy (non-hydrogen) atoms. The van der Waals surface area contributed by atoms with Gasteiger partial charge in [-0.2, -0.15) is 4.31 Å². The van der Waals surface area contributed by atoms with Gasteiger partial charge in [0.2, 0.25) is 15.9 Å². The Morgan fingerprint density at radius 3 is 2.67 bits per heavy atom. The van der Waals surface area contributed by atoms with Crippen LogP contribution in [-0.4, -0.2) is 41.9 Å². The number of nitrogens with one attached hydrogen (secondary N) is 1. The molecule has 1 aromatic heterocycles. The van der Waals surface area contributed by atoms with Crippen LogP contribution >= 0.6 is 0 Å². The van der Waals surface area contributed by atoms with Crippen molar-refractivity contribution < 1.29 is 13.5 Å². The molecule has 3 aromatic rings. The van der Waals surface area contributed by atoms with Crippen LogP contribution in [0.4, 0.5) is 5.69 Å². The van der Waals surface area contributed by atoms with Gasteiger partial charge in [-0.25, -0.2) is 13.4 Å². The Balaban J connectivity index is 1.63. The van der Waals surface area contributed by atoms with Crippen molar-refractivity contribution in [2.24, 2.45) is 0 Å². The van der Waals surface area contributed by atoms with E-state index in [2.05, 4.69) is 10.3 Å². The van der Waals surface area contributed by atoms with Crippen molar-refractivity contribution in [2.75, 3.05) is 18.4 Å². The van der Waals surface area contributed by atoms with Gasteiger partial charge in [-0.3, -0.25) is 0 Å². The third kappa shape index (κ3) is 3.48. The van der Waals surface area contributed by atoms with E-state index in [9.17, 15) is 13.5 Å². The van der Waals surface area contributed by atoms with Crippen molar-refractivity contribution in [3.63, 3.8) is 0 Å². The molecule has 2 heterocycles. The van der Waals surface area contributed by atoms with Crippen LogP contribution in [0.25, 0.3) is 10.8 Å². The minimum absolute atomic E-state index is 0.0565. The van der Waals surface area contributed by atoms with Gasteiger partial charge >= 0.3 is 0 Å². The van der Waals surface area contributed by atoms with Gasteiger partial charge in [-0.1, -0.05) is 24.3 Å². The molecule has 0 saturated carbocycles. The lowest BCUT2D eigenvalue weighted by molar-refractivity contribution is 0.327. The summed E-state index contributed by atoms with van der Waals surface area (Å²) in [6, 6.07) is 16.4. The van der Waals surface area contributed by atoms with Crippen molar-refractivity contribution in [3.8, 4) is 5.88 Å². The summed E-state index contributed by atoms with van der Waals surface area (Å²) < 4.78 is 28.1. The smallest absolute Gasteiger partial charge is 0.243 e. The lowest BCUT2D eigenvalue weighted by Crippen LogP contribution is -2.45. The standard InChI is InChI=1S/C20H21N3O3S/c24-20-18-9-4-10-19(17(18)11-12-21-20)27(25,26)23-13-5-8-16(14-23)22-15-6-2-1-3-7-15/h1-4,6-7,9-12,16,22H,5,8,13-14H2,(H,21,24). The molecule has 0 aliphatic carbocycles. The molecular formula is C20H21N3O3S. The molecule has 1 saturated heterocycles. The van der Waals surface area contributed by atoms with Crippen molar-refractivity contribution in [3.05, 3.63) is 60.8 Å². The summed E-state index contributed by atoms with van der Waals surface area (Å²) in [4.78, 5) is 4.05. The molecular weight excluding hydrogens is 362 g/mol. The minimum atomic E-state index is -3.68. The summed E-state index contributed by atoms with van der Waals surface area (Å²) in [5.74, 6) is -0.160. The number of anilines is 1. The van der Waals surface area contributed by atoms with E-state index in [1.807, 2.05) is 30.3 Å². The normalized spacial score (nSPS) is 18.4. The van der Waals surface area contributed by atoms with Gasteiger partial charge in [-0.05, 0) is 43.2 Å². The van der Waals surface area contributed by atoms with E-state index >= 15 is 0 Å². The van der Waals surface area contributed by atoms with Gasteiger partial charge in [0.1, 0.15) is 0 Å². The molecule has 140 valence electrons. The van der Waals surface area contributed by atoms with E-state index in [1.165, 1.54) is 10.5 Å². The first kappa shape index (κ1) is 17.8. The van der Waals surface area contributed by atoms with E-state index in [0.717, 1.165) is 18.5 Å². The number of fused-ring (bicyclic) bond motifs is 1. The first-order valence-electron chi connectivity index (χ1n) is 8.94. The lowest BCUT2D eigenvalue weighted by atomic mass is 10.1. The number of hydrogen-bond donors (Lipinski definition) is 2. The van der Waals surface area contributed by atoms with Gasteiger partial charge in [0, 0.05) is 41.8 Å². The maximum Gasteiger partial charge on any atom is 0.243 e. The Kier molecular flexibility index (Phi) is 4.72. The molecule has 1 aliphatic rings. The molecule has 1 unspecified atom stereocenters. The molecule has 0 radical (unpaired) electrons. The Morgan fingerprint density at radius 1 is 1.04 bits per heavy atom. The highest BCUT2D eigenvalue weighted by Crippen LogP contribution is 2.31. The predicted octanol–water partition coefficient (Wildman–Crippen LogP) is 3.21. The largest absolute Gasteiger partial charge is 0.493 e. The van der Waals surface area contributed by atoms with Crippen LogP contribution in [0.3, 0.4) is 0 Å². The van der Waals surface area contributed by atoms with Crippen LogP contribution in [0, 0.1) is 0 Å². The number of rotatable bonds is 4. The monoisotopic (exact) mass is 383 g/mol. The second-order valence-electron chi connectivity index (χ2n) is 6.70. The van der Waals surface area contributed by atoms with E-state index in [-0.39, 0.29) is 16.8 Å². The Bertz CT molecular complexity index is 1050. The molecule has 2 aromatic carbocycles. The first-order chi connectivity index (χ1) is 13.1. The number of nitrogens with zero attached hydrogens (tertiary/aromatic N) is 2. The van der Waals surface area contributed by atoms with E-state index in [4.69, 9.17) is 0 Å². The second-order valence-corrected chi connectivity index (χ2v) is 8.60. The zero-order valence-electron chi connectivity index (χ0n) is 14.7. The fourth-order valence-corrected chi connectivity index (χ4v) is 5.31. The molecule has 0 spiro atoms. The van der Waals surface area contributed by atoms with E-state index < -0.39 is 10.0 Å². The Labute approximate surface area is 158 Å². The number of piperidine rings is 1. The summed E-state index contributed by atoms with van der Waals surface area (Å²) >= 11 is 0. The van der Waals surface area contributed by atoms with Gasteiger partial charge in [-0.15, -0.1) is 0 Å². The zero-order chi connectivity index (χ0) is 18.9. The second kappa shape index (κ2) is 7.17. The van der Waals surface area contributed by atoms with Crippen LogP contribution < -0.4 is 5.32 Å². The Morgan fingerprint density at radius 2 is 1.85 bits per heavy atom. The molecule has 6 nitrogen and oxygen atoms in total. The molecule has 0 bridgehead atoms. The molecule has 0 amide bonds. The number of aromatic hydroxyl groups is 1. The Hall–Kier alpha value is -2.64. The fraction of sp³-hybridized carbons (Fsp3) is 0.250. The number of aromatic nitrogens is 1. The van der Waals surface area contributed by atoms with Crippen LogP contribution in [-0.2, 0) is 10.0 Å². The first-order valence-corrected chi connectivity index (χ1v) is 10.4. The molecule has 1 atom stereocenters. The predicted molar refractivity (Wildman–Crippen MR) is 105 cm³/mol. The van der Waals surface area contributed by atoms with Gasteiger partial charge in [0.25, 0.3) is 0 Å². The highest BCUT2D eigenvalue weighted by molar-refractivity contribution is 7.89. The van der Waals surface area contributed by atoms with E-state index in [1.54, 1.807) is 24.3 Å². The summed E-state index contributed by atoms with van der Waals surface area (Å²) in [5, 5.41) is 14.3. The number of benzene rings is 2. The molecule has 4 rings (SSSR count). The maximum atomic E-state index is 13.3. The summed E-state index contributed by atoms with van der Waals surface area (Å²) in [6.07, 6.45) is 3.13. The summed E-state index contributed by atoms with van der Waals surface area (Å²) in [5.41, 5.74) is 0.989. The van der Waals surface area contributed by atoms with Crippen LogP contribution in [0.5, 0.6) is 5.88 Å². The molecule has 7 heteroatoms. The third-order valence-corrected chi connectivity index (χ3v) is 6.81. The van der Waals surface area contributed by atoms with Crippen molar-refractivity contribution >= 4 is 26.5 Å². The van der Waals surface area contributed by atoms with Crippen LogP contribution in [0.15, 0.2) is 65.7 Å². The molecule has 2 N–H and O–H groups in total. The number of pyridine rings is 1. The zero-order valence-corrected chi connectivity index (χ0v) is 15.6. The number of sulfonamides is 1. The summed E-state index contributed by atoms with van der Waals surface area (Å²) in [6.45, 7) is 0.896. The van der Waals surface area contributed by atoms with Gasteiger partial charge < -0.3 is 10.4 Å². The SMILES string of the molecule is O=S(=O)(c1cccc2c(O)nccc12)N1CCCC(Nc2ccccc2)C1. The topological polar surface area (TPSA) is 82.5 Å². The minimum Gasteiger partial charge on any atom is -0.493 e. The highest BCUT2D eigenvalue weighted by Gasteiger charge is 2.31. The molecule has 1 fully saturated rings. The quantitative estimate of drug-likeness (QED) is 0.723. The maximum absolute atomic E-state index is 13.3. The lowest BCUT2D eigenvalue weighted by Gasteiger charge is -2.33. The fourth-order valence-electron chi connectivity index (χ4n) is 3.58. The average Bonchev–Trinajstić information content (AvgIpc) is 2.69. The summed E-state index contributed by atoms with van der Waals surface area (Å²) in [7, 11) is -3.68. The van der Waals surface area contributed by atoms with Gasteiger partial charge in [0.05, 0.1) is 4.90 Å². The third-order valence-electron chi connectivity index (χ3n) is 4.89. The molecule has 1 aliphatic heterocycles. The number of para-hydroxylation sites is 1. The van der Waals surface area contributed by atoms with Crippen molar-refractivity contribution in [1.29, 1.82) is 0 Å². The van der Waals surface area contributed by atoms with Crippen molar-refractivity contribution in [1.82, 2.24) is 9.29 Å². The van der Waals surface area contributed by atoms with Crippen LogP contribution in [0.1, 0.15) is 12.8 Å². The van der Waals surface area contributed by atoms with Crippen molar-refractivity contribution in [2.45, 2.75) is 23.8 Å². The average molecular weight is 383 g/mol. The van der Waals surface area contributed by atoms with Gasteiger partial charge in [0.15, 0.2) is 0 Å². The number of hydrogen-bond acceptors (Lipinski definition) is 5.